The Kier molecular flexibility index (Phi) is 0.970. The van der Waals surface area contributed by atoms with Crippen LogP contribution in [-0.4, -0.2) is 12.3 Å². The maximum atomic E-state index is 8.01. The fourth-order valence-corrected chi connectivity index (χ4v) is 0.411. The molecule has 0 aromatic rings. The highest BCUT2D eigenvalue weighted by Crippen LogP contribution is 2.18. The summed E-state index contributed by atoms with van der Waals surface area (Å²) in [7, 11) is 0. The molecule has 3 nitrogen and oxygen atoms in total. The van der Waals surface area contributed by atoms with Crippen molar-refractivity contribution in [2.45, 2.75) is 18.8 Å². The van der Waals surface area contributed by atoms with E-state index < -0.39 is 0 Å². The summed E-state index contributed by atoms with van der Waals surface area (Å²) in [5, 5.41) is 8.01. The van der Waals surface area contributed by atoms with Gasteiger partial charge in [0, 0.05) is 0 Å². The molecule has 0 saturated carbocycles. The highest BCUT2D eigenvalue weighted by Gasteiger charge is 2.34. The van der Waals surface area contributed by atoms with E-state index in [1.165, 1.54) is 0 Å². The molecule has 1 saturated heterocycles. The lowest BCUT2D eigenvalue weighted by atomic mass is 10.3. The fraction of sp³-hybridized carbons (Fsp3) is 0.750. The first-order chi connectivity index (χ1) is 3.34. The maximum absolute atomic E-state index is 8.01. The average Bonchev–Trinajstić information content (AvgIpc) is 2.22. The van der Waals surface area contributed by atoms with Crippen LogP contribution in [0.1, 0.15) is 6.42 Å². The van der Waals surface area contributed by atoms with E-state index in [0.29, 0.717) is 6.42 Å². The first-order valence-electron chi connectivity index (χ1n) is 2.12. The summed E-state index contributed by atoms with van der Waals surface area (Å²) in [6.45, 7) is 0. The smallest absolute Gasteiger partial charge is 0.133 e. The Labute approximate surface area is 41.7 Å². The third kappa shape index (κ3) is 0.889. The van der Waals surface area contributed by atoms with Crippen molar-refractivity contribution in [2.75, 3.05) is 0 Å². The van der Waals surface area contributed by atoms with Crippen molar-refractivity contribution < 1.29 is 4.74 Å². The molecule has 1 aliphatic rings. The monoisotopic (exact) mass is 98.0 g/mol. The number of ether oxygens (including phenoxy) is 1. The molecule has 1 rings (SSSR count). The van der Waals surface area contributed by atoms with Gasteiger partial charge in [0.1, 0.15) is 12.3 Å². The van der Waals surface area contributed by atoms with Gasteiger partial charge in [-0.2, -0.15) is 5.26 Å². The fourth-order valence-electron chi connectivity index (χ4n) is 0.411. The number of rotatable bonds is 1. The second kappa shape index (κ2) is 1.49. The molecule has 0 aromatic carbocycles. The van der Waals surface area contributed by atoms with E-state index in [1.54, 1.807) is 0 Å². The molecule has 0 bridgehead atoms. The van der Waals surface area contributed by atoms with E-state index in [-0.39, 0.29) is 12.3 Å². The van der Waals surface area contributed by atoms with Crippen molar-refractivity contribution in [3.8, 4) is 6.07 Å². The van der Waals surface area contributed by atoms with Gasteiger partial charge in [0.05, 0.1) is 12.5 Å². The zero-order valence-electron chi connectivity index (χ0n) is 3.79. The summed E-state index contributed by atoms with van der Waals surface area (Å²) in [6, 6.07) is 1.96. The first kappa shape index (κ1) is 4.57. The third-order valence-corrected chi connectivity index (χ3v) is 0.914. The highest BCUT2D eigenvalue weighted by atomic mass is 16.6. The minimum Gasteiger partial charge on any atom is -0.352 e. The quantitative estimate of drug-likeness (QED) is 0.453. The molecule has 0 aliphatic carbocycles. The molecule has 0 aromatic heterocycles. The Bertz CT molecular complexity index is 107. The zero-order chi connectivity index (χ0) is 5.28. The topological polar surface area (TPSA) is 62.3 Å². The Morgan fingerprint density at radius 3 is 2.57 bits per heavy atom. The highest BCUT2D eigenvalue weighted by molar-refractivity contribution is 4.88. The predicted octanol–water partition coefficient (Wildman–Crippen LogP) is -0.416. The molecule has 0 radical (unpaired) electrons. The van der Waals surface area contributed by atoms with Crippen LogP contribution < -0.4 is 5.73 Å². The molecule has 1 heterocycles. The summed E-state index contributed by atoms with van der Waals surface area (Å²) in [6.07, 6.45) is 0.311. The lowest BCUT2D eigenvalue weighted by Crippen LogP contribution is -2.03. The Balaban J connectivity index is 2.12. The van der Waals surface area contributed by atoms with Crippen LogP contribution in [-0.2, 0) is 4.74 Å². The largest absolute Gasteiger partial charge is 0.352 e. The van der Waals surface area contributed by atoms with Crippen LogP contribution in [0.15, 0.2) is 0 Å². The lowest BCUT2D eigenvalue weighted by molar-refractivity contribution is 0.375. The lowest BCUT2D eigenvalue weighted by Gasteiger charge is -1.70. The Morgan fingerprint density at radius 2 is 2.43 bits per heavy atom. The van der Waals surface area contributed by atoms with Gasteiger partial charge in [-0.05, 0) is 0 Å². The molecule has 2 atom stereocenters. The van der Waals surface area contributed by atoms with Crippen LogP contribution >= 0.6 is 0 Å². The normalized spacial score (nSPS) is 37.1. The van der Waals surface area contributed by atoms with Crippen LogP contribution in [0.3, 0.4) is 0 Å². The van der Waals surface area contributed by atoms with E-state index in [4.69, 9.17) is 15.7 Å². The van der Waals surface area contributed by atoms with Crippen molar-refractivity contribution in [1.29, 1.82) is 5.26 Å². The van der Waals surface area contributed by atoms with Gasteiger partial charge < -0.3 is 10.5 Å². The van der Waals surface area contributed by atoms with E-state index in [1.807, 2.05) is 6.07 Å². The molecule has 7 heavy (non-hydrogen) atoms. The number of hydrogen-bond donors (Lipinski definition) is 1. The number of hydrogen-bond acceptors (Lipinski definition) is 3. The zero-order valence-corrected chi connectivity index (χ0v) is 3.79. The molecule has 3 heteroatoms. The summed E-state index contributed by atoms with van der Waals surface area (Å²) >= 11 is 0. The van der Waals surface area contributed by atoms with Crippen molar-refractivity contribution in [3.63, 3.8) is 0 Å². The maximum Gasteiger partial charge on any atom is 0.133 e. The van der Waals surface area contributed by atoms with Gasteiger partial charge in [0.25, 0.3) is 0 Å². The minimum absolute atomic E-state index is 0.0324. The van der Waals surface area contributed by atoms with Crippen LogP contribution in [0.25, 0.3) is 0 Å². The Hall–Kier alpha value is -0.590. The molecule has 0 spiro atoms. The van der Waals surface area contributed by atoms with Crippen molar-refractivity contribution in [2.24, 2.45) is 5.73 Å². The van der Waals surface area contributed by atoms with E-state index in [9.17, 15) is 0 Å². The van der Waals surface area contributed by atoms with Crippen LogP contribution in [0.5, 0.6) is 0 Å². The predicted molar refractivity (Wildman–Crippen MR) is 23.1 cm³/mol. The second-order valence-corrected chi connectivity index (χ2v) is 1.50. The van der Waals surface area contributed by atoms with Crippen LogP contribution in [0, 0.1) is 11.3 Å². The molecule has 2 unspecified atom stereocenters. The van der Waals surface area contributed by atoms with E-state index in [2.05, 4.69) is 0 Å². The molecule has 38 valence electrons. The van der Waals surface area contributed by atoms with Gasteiger partial charge in [-0.1, -0.05) is 0 Å². The third-order valence-electron chi connectivity index (χ3n) is 0.914. The van der Waals surface area contributed by atoms with Gasteiger partial charge in [0.2, 0.25) is 0 Å². The molecule has 1 fully saturated rings. The number of epoxide rings is 1. The van der Waals surface area contributed by atoms with Crippen molar-refractivity contribution in [1.82, 2.24) is 0 Å². The summed E-state index contributed by atoms with van der Waals surface area (Å²) in [5.41, 5.74) is 5.18. The van der Waals surface area contributed by atoms with Crippen molar-refractivity contribution in [3.05, 3.63) is 0 Å². The summed E-state index contributed by atoms with van der Waals surface area (Å²) in [4.78, 5) is 0. The number of nitriles is 1. The second-order valence-electron chi connectivity index (χ2n) is 1.50. The minimum atomic E-state index is -0.153. The Morgan fingerprint density at radius 1 is 1.86 bits per heavy atom. The summed E-state index contributed by atoms with van der Waals surface area (Å²) < 4.78 is 4.71. The first-order valence-corrected chi connectivity index (χ1v) is 2.12. The number of nitrogens with two attached hydrogens (primary N) is 1. The van der Waals surface area contributed by atoms with E-state index in [0.717, 1.165) is 0 Å². The molecule has 1 aliphatic heterocycles. The SMILES string of the molecule is N#CCC1OC1N. The molecule has 0 amide bonds. The van der Waals surface area contributed by atoms with Crippen molar-refractivity contribution >= 4 is 0 Å². The van der Waals surface area contributed by atoms with Gasteiger partial charge in [-0.3, -0.25) is 0 Å². The molecular weight excluding hydrogens is 92.1 g/mol. The summed E-state index contributed by atoms with van der Waals surface area (Å²) in [5.74, 6) is 0. The van der Waals surface area contributed by atoms with Crippen LogP contribution in [0.4, 0.5) is 0 Å². The van der Waals surface area contributed by atoms with Gasteiger partial charge in [0.15, 0.2) is 0 Å². The average molecular weight is 98.1 g/mol. The van der Waals surface area contributed by atoms with Gasteiger partial charge in [-0.25, -0.2) is 0 Å². The van der Waals surface area contributed by atoms with Gasteiger partial charge in [-0.15, -0.1) is 0 Å². The molecule has 2 N–H and O–H groups in total. The standard InChI is InChI=1S/C4H6N2O/c5-2-1-3-4(6)7-3/h3-4H,1,6H2. The molecular formula is C4H6N2O. The van der Waals surface area contributed by atoms with Gasteiger partial charge >= 0.3 is 0 Å². The van der Waals surface area contributed by atoms with Crippen LogP contribution in [0.2, 0.25) is 0 Å². The number of nitrogens with zero attached hydrogens (tertiary/aromatic N) is 1. The van der Waals surface area contributed by atoms with E-state index >= 15 is 0 Å².